The van der Waals surface area contributed by atoms with Gasteiger partial charge in [0, 0.05) is 6.04 Å². The number of carbonyl (C=O) groups is 1. The molecule has 0 spiro atoms. The van der Waals surface area contributed by atoms with Crippen LogP contribution in [-0.2, 0) is 0 Å². The summed E-state index contributed by atoms with van der Waals surface area (Å²) in [5.74, 6) is 0.639. The van der Waals surface area contributed by atoms with Crippen molar-refractivity contribution in [1.82, 2.24) is 9.78 Å². The molecule has 0 bridgehead atoms. The van der Waals surface area contributed by atoms with Crippen molar-refractivity contribution in [1.29, 1.82) is 0 Å². The van der Waals surface area contributed by atoms with Crippen LogP contribution in [0.15, 0.2) is 27.4 Å². The van der Waals surface area contributed by atoms with E-state index in [-0.39, 0.29) is 11.8 Å². The van der Waals surface area contributed by atoms with Crippen molar-refractivity contribution in [3.05, 3.63) is 40.0 Å². The first-order valence-electron chi connectivity index (χ1n) is 5.33. The number of halogens is 1. The summed E-state index contributed by atoms with van der Waals surface area (Å²) in [6.45, 7) is 5.78. The second-order valence-electron chi connectivity index (χ2n) is 4.15. The van der Waals surface area contributed by atoms with E-state index in [9.17, 15) is 4.79 Å². The number of rotatable bonds is 3. The highest BCUT2D eigenvalue weighted by molar-refractivity contribution is 9.10. The van der Waals surface area contributed by atoms with Crippen molar-refractivity contribution in [2.75, 3.05) is 0 Å². The number of nitrogens with zero attached hydrogens (tertiary/aromatic N) is 2. The summed E-state index contributed by atoms with van der Waals surface area (Å²) in [5.41, 5.74) is 1.10. The highest BCUT2D eigenvalue weighted by Crippen LogP contribution is 2.23. The lowest BCUT2D eigenvalue weighted by Crippen LogP contribution is -2.13. The van der Waals surface area contributed by atoms with E-state index < -0.39 is 0 Å². The summed E-state index contributed by atoms with van der Waals surface area (Å²) in [4.78, 5) is 12.3. The first-order chi connectivity index (χ1) is 8.00. The van der Waals surface area contributed by atoms with Crippen molar-refractivity contribution in [2.45, 2.75) is 26.8 Å². The van der Waals surface area contributed by atoms with Gasteiger partial charge >= 0.3 is 0 Å². The van der Waals surface area contributed by atoms with Crippen molar-refractivity contribution in [3.63, 3.8) is 0 Å². The van der Waals surface area contributed by atoms with Crippen LogP contribution >= 0.6 is 15.9 Å². The maximum atomic E-state index is 12.3. The standard InChI is InChI=1S/C12H13BrN2O2/c1-7(2)15-11(10(13)5-14-15)12(16)9-4-8(3)17-6-9/h4-7H,1-3H3. The summed E-state index contributed by atoms with van der Waals surface area (Å²) >= 11 is 3.36. The van der Waals surface area contributed by atoms with Crippen LogP contribution in [0.2, 0.25) is 0 Å². The molecule has 17 heavy (non-hydrogen) atoms. The molecular weight excluding hydrogens is 284 g/mol. The first-order valence-corrected chi connectivity index (χ1v) is 6.13. The van der Waals surface area contributed by atoms with Gasteiger partial charge in [-0.25, -0.2) is 0 Å². The Kier molecular flexibility index (Phi) is 3.19. The normalized spacial score (nSPS) is 11.1. The molecule has 5 heteroatoms. The van der Waals surface area contributed by atoms with E-state index in [1.54, 1.807) is 16.9 Å². The number of carbonyl (C=O) groups excluding carboxylic acids is 1. The van der Waals surface area contributed by atoms with E-state index in [2.05, 4.69) is 21.0 Å². The van der Waals surface area contributed by atoms with Gasteiger partial charge in [-0.15, -0.1) is 0 Å². The first kappa shape index (κ1) is 12.1. The molecule has 4 nitrogen and oxygen atoms in total. The molecule has 0 unspecified atom stereocenters. The predicted octanol–water partition coefficient (Wildman–Crippen LogP) is 3.36. The van der Waals surface area contributed by atoms with E-state index in [0.717, 1.165) is 5.76 Å². The Morgan fingerprint density at radius 3 is 2.76 bits per heavy atom. The summed E-state index contributed by atoms with van der Waals surface area (Å²) in [6, 6.07) is 1.86. The van der Waals surface area contributed by atoms with Gasteiger partial charge in [-0.3, -0.25) is 9.48 Å². The van der Waals surface area contributed by atoms with Gasteiger partial charge in [-0.05, 0) is 42.8 Å². The maximum Gasteiger partial charge on any atom is 0.215 e. The second-order valence-corrected chi connectivity index (χ2v) is 5.01. The maximum absolute atomic E-state index is 12.3. The zero-order chi connectivity index (χ0) is 12.6. The molecule has 0 aliphatic carbocycles. The molecule has 0 aromatic carbocycles. The van der Waals surface area contributed by atoms with Crippen molar-refractivity contribution in [3.8, 4) is 0 Å². The lowest BCUT2D eigenvalue weighted by atomic mass is 10.1. The Bertz CT molecular complexity index is 555. The lowest BCUT2D eigenvalue weighted by molar-refractivity contribution is 0.102. The van der Waals surface area contributed by atoms with Gasteiger partial charge < -0.3 is 4.42 Å². The van der Waals surface area contributed by atoms with Crippen molar-refractivity contribution >= 4 is 21.7 Å². The molecule has 2 rings (SSSR count). The number of aromatic nitrogens is 2. The van der Waals surface area contributed by atoms with Gasteiger partial charge in [-0.2, -0.15) is 5.10 Å². The lowest BCUT2D eigenvalue weighted by Gasteiger charge is -2.09. The average Bonchev–Trinajstić information content (AvgIpc) is 2.83. The minimum Gasteiger partial charge on any atom is -0.469 e. The zero-order valence-electron chi connectivity index (χ0n) is 9.90. The highest BCUT2D eigenvalue weighted by atomic mass is 79.9. The predicted molar refractivity (Wildman–Crippen MR) is 67.2 cm³/mol. The van der Waals surface area contributed by atoms with Crippen LogP contribution in [-0.4, -0.2) is 15.6 Å². The summed E-state index contributed by atoms with van der Waals surface area (Å²) in [5, 5.41) is 4.19. The molecule has 0 radical (unpaired) electrons. The number of hydrogen-bond acceptors (Lipinski definition) is 3. The van der Waals surface area contributed by atoms with Gasteiger partial charge in [0.15, 0.2) is 0 Å². The van der Waals surface area contributed by atoms with Gasteiger partial charge in [0.2, 0.25) is 5.78 Å². The molecule has 2 aromatic heterocycles. The summed E-state index contributed by atoms with van der Waals surface area (Å²) < 4.78 is 7.56. The molecule has 0 aliphatic rings. The van der Waals surface area contributed by atoms with E-state index >= 15 is 0 Å². The van der Waals surface area contributed by atoms with Gasteiger partial charge in [0.25, 0.3) is 0 Å². The third kappa shape index (κ3) is 2.20. The van der Waals surface area contributed by atoms with Crippen molar-refractivity contribution < 1.29 is 9.21 Å². The molecule has 90 valence electrons. The fourth-order valence-corrected chi connectivity index (χ4v) is 2.10. The molecule has 0 amide bonds. The highest BCUT2D eigenvalue weighted by Gasteiger charge is 2.21. The average molecular weight is 297 g/mol. The Labute approximate surface area is 108 Å². The SMILES string of the molecule is Cc1cc(C(=O)c2c(Br)cnn2C(C)C)co1. The molecule has 0 fully saturated rings. The number of ketones is 1. The minimum absolute atomic E-state index is 0.0834. The van der Waals surface area contributed by atoms with Gasteiger partial charge in [0.1, 0.15) is 17.7 Å². The number of furan rings is 1. The van der Waals surface area contributed by atoms with Crippen LogP contribution < -0.4 is 0 Å². The molecule has 2 heterocycles. The Hall–Kier alpha value is -1.36. The largest absolute Gasteiger partial charge is 0.469 e. The van der Waals surface area contributed by atoms with E-state index in [1.807, 2.05) is 20.8 Å². The number of hydrogen-bond donors (Lipinski definition) is 0. The Morgan fingerprint density at radius 2 is 2.24 bits per heavy atom. The molecule has 0 N–H and O–H groups in total. The molecule has 0 aliphatic heterocycles. The topological polar surface area (TPSA) is 48.0 Å². The molecule has 2 aromatic rings. The molecular formula is C12H13BrN2O2. The van der Waals surface area contributed by atoms with Crippen LogP contribution in [0.3, 0.4) is 0 Å². The van der Waals surface area contributed by atoms with Crippen LogP contribution in [0.1, 0.15) is 41.7 Å². The van der Waals surface area contributed by atoms with Crippen LogP contribution in [0.5, 0.6) is 0 Å². The zero-order valence-corrected chi connectivity index (χ0v) is 11.5. The summed E-state index contributed by atoms with van der Waals surface area (Å²) in [7, 11) is 0. The number of aryl methyl sites for hydroxylation is 1. The smallest absolute Gasteiger partial charge is 0.215 e. The quantitative estimate of drug-likeness (QED) is 0.816. The fourth-order valence-electron chi connectivity index (χ4n) is 1.64. The van der Waals surface area contributed by atoms with Crippen LogP contribution in [0.4, 0.5) is 0 Å². The molecule has 0 saturated carbocycles. The van der Waals surface area contributed by atoms with Crippen LogP contribution in [0, 0.1) is 6.92 Å². The molecule has 0 saturated heterocycles. The minimum atomic E-state index is -0.0834. The van der Waals surface area contributed by atoms with Crippen LogP contribution in [0.25, 0.3) is 0 Å². The van der Waals surface area contributed by atoms with E-state index in [1.165, 1.54) is 6.26 Å². The third-order valence-corrected chi connectivity index (χ3v) is 3.03. The van der Waals surface area contributed by atoms with Gasteiger partial charge in [0.05, 0.1) is 16.2 Å². The van der Waals surface area contributed by atoms with Gasteiger partial charge in [-0.1, -0.05) is 0 Å². The van der Waals surface area contributed by atoms with E-state index in [0.29, 0.717) is 15.7 Å². The Balaban J connectivity index is 2.47. The van der Waals surface area contributed by atoms with E-state index in [4.69, 9.17) is 4.42 Å². The monoisotopic (exact) mass is 296 g/mol. The Morgan fingerprint density at radius 1 is 1.53 bits per heavy atom. The molecule has 0 atom stereocenters. The second kappa shape index (κ2) is 4.49. The fraction of sp³-hybridized carbons (Fsp3) is 0.333. The van der Waals surface area contributed by atoms with Crippen molar-refractivity contribution in [2.24, 2.45) is 0 Å². The third-order valence-electron chi connectivity index (χ3n) is 2.45. The summed E-state index contributed by atoms with van der Waals surface area (Å²) in [6.07, 6.45) is 3.11.